The molecule has 1 aliphatic rings. The van der Waals surface area contributed by atoms with Crippen molar-refractivity contribution >= 4 is 62.7 Å². The maximum Gasteiger partial charge on any atom is 0.338 e. The SMILES string of the molecule is CCOC(=O)c1ccc(COc2c(I)cc(C=Nc3sc4c(c3C(=O)Nc3ccccc3)CCCC4)cc2OCC)cc1. The summed E-state index contributed by atoms with van der Waals surface area (Å²) in [5, 5.41) is 3.77. The molecule has 0 saturated carbocycles. The standard InChI is InChI=1S/C34H33IN2O5S/c1-3-40-28-19-23(18-27(35)31(28)42-21-22-14-16-24(17-15-22)34(39)41-4-2)20-36-33-30(26-12-8-9-13-29(26)43-33)32(38)37-25-10-6-5-7-11-25/h5-7,10-11,14-20H,3-4,8-9,12-13,21H2,1-2H3,(H,37,38). The third-order valence-electron chi connectivity index (χ3n) is 6.92. The van der Waals surface area contributed by atoms with Crippen molar-refractivity contribution in [2.24, 2.45) is 4.99 Å². The normalized spacial score (nSPS) is 12.5. The molecule has 9 heteroatoms. The van der Waals surface area contributed by atoms with E-state index in [1.54, 1.807) is 36.6 Å². The first-order valence-corrected chi connectivity index (χ1v) is 16.3. The van der Waals surface area contributed by atoms with E-state index in [1.165, 1.54) is 4.88 Å². The third-order valence-corrected chi connectivity index (χ3v) is 8.92. The molecule has 0 spiro atoms. The zero-order valence-corrected chi connectivity index (χ0v) is 27.1. The Morgan fingerprint density at radius 3 is 2.49 bits per heavy atom. The highest BCUT2D eigenvalue weighted by atomic mass is 127. The summed E-state index contributed by atoms with van der Waals surface area (Å²) in [5.74, 6) is 0.795. The second-order valence-corrected chi connectivity index (χ2v) is 12.2. The van der Waals surface area contributed by atoms with E-state index in [9.17, 15) is 9.59 Å². The van der Waals surface area contributed by atoms with Gasteiger partial charge in [0.25, 0.3) is 5.91 Å². The third kappa shape index (κ3) is 7.64. The molecule has 5 rings (SSSR count). The second-order valence-electron chi connectivity index (χ2n) is 9.94. The van der Waals surface area contributed by atoms with E-state index in [0.717, 1.165) is 56.6 Å². The van der Waals surface area contributed by atoms with Gasteiger partial charge in [-0.15, -0.1) is 11.3 Å². The number of benzene rings is 3. The highest BCUT2D eigenvalue weighted by Gasteiger charge is 2.25. The molecule has 0 atom stereocenters. The molecule has 3 aromatic carbocycles. The number of thiophene rings is 1. The highest BCUT2D eigenvalue weighted by Crippen LogP contribution is 2.41. The first-order chi connectivity index (χ1) is 21.0. The van der Waals surface area contributed by atoms with E-state index in [1.807, 2.05) is 61.5 Å². The first-order valence-electron chi connectivity index (χ1n) is 14.4. The number of para-hydroxylation sites is 1. The quantitative estimate of drug-likeness (QED) is 0.0962. The lowest BCUT2D eigenvalue weighted by Gasteiger charge is -2.15. The minimum atomic E-state index is -0.341. The van der Waals surface area contributed by atoms with Crippen LogP contribution in [0.4, 0.5) is 10.7 Å². The van der Waals surface area contributed by atoms with Crippen LogP contribution in [0.2, 0.25) is 0 Å². The molecule has 1 aliphatic carbocycles. The van der Waals surface area contributed by atoms with Crippen molar-refractivity contribution in [1.29, 1.82) is 0 Å². The molecule has 1 N–H and O–H groups in total. The van der Waals surface area contributed by atoms with Crippen LogP contribution in [-0.2, 0) is 24.2 Å². The predicted molar refractivity (Wildman–Crippen MR) is 180 cm³/mol. The van der Waals surface area contributed by atoms with Gasteiger partial charge in [-0.05, 0) is 115 Å². The van der Waals surface area contributed by atoms with Gasteiger partial charge in [-0.25, -0.2) is 9.79 Å². The summed E-state index contributed by atoms with van der Waals surface area (Å²) in [4.78, 5) is 31.5. The Labute approximate surface area is 269 Å². The van der Waals surface area contributed by atoms with Gasteiger partial charge < -0.3 is 19.5 Å². The molecule has 1 heterocycles. The number of rotatable bonds is 11. The Kier molecular flexibility index (Phi) is 10.5. The number of aryl methyl sites for hydroxylation is 1. The number of fused-ring (bicyclic) bond motifs is 1. The minimum absolute atomic E-state index is 0.124. The fourth-order valence-electron chi connectivity index (χ4n) is 4.90. The molecule has 0 bridgehead atoms. The van der Waals surface area contributed by atoms with E-state index in [2.05, 4.69) is 27.9 Å². The van der Waals surface area contributed by atoms with Crippen molar-refractivity contribution < 1.29 is 23.8 Å². The molecular weight excluding hydrogens is 675 g/mol. The van der Waals surface area contributed by atoms with Crippen LogP contribution >= 0.6 is 33.9 Å². The van der Waals surface area contributed by atoms with Crippen molar-refractivity contribution in [3.8, 4) is 11.5 Å². The Bertz CT molecular complexity index is 1620. The molecule has 1 amide bonds. The van der Waals surface area contributed by atoms with E-state index < -0.39 is 0 Å². The maximum atomic E-state index is 13.4. The van der Waals surface area contributed by atoms with Crippen LogP contribution in [0.1, 0.15) is 69.0 Å². The van der Waals surface area contributed by atoms with Crippen LogP contribution in [0, 0.1) is 3.57 Å². The monoisotopic (exact) mass is 708 g/mol. The first kappa shape index (κ1) is 30.7. The summed E-state index contributed by atoms with van der Waals surface area (Å²) in [6.45, 7) is 4.84. The molecule has 0 radical (unpaired) electrons. The number of hydrogen-bond donors (Lipinski definition) is 1. The average Bonchev–Trinajstić information content (AvgIpc) is 3.39. The number of carbonyl (C=O) groups is 2. The highest BCUT2D eigenvalue weighted by molar-refractivity contribution is 14.1. The van der Waals surface area contributed by atoms with Gasteiger partial charge in [0.15, 0.2) is 11.5 Å². The molecule has 43 heavy (non-hydrogen) atoms. The number of nitrogens with one attached hydrogen (secondary N) is 1. The molecule has 4 aromatic rings. The van der Waals surface area contributed by atoms with Gasteiger partial charge in [0, 0.05) is 16.8 Å². The zero-order chi connectivity index (χ0) is 30.2. The molecular formula is C34H33IN2O5S. The Hall–Kier alpha value is -3.70. The van der Waals surface area contributed by atoms with Crippen LogP contribution < -0.4 is 14.8 Å². The zero-order valence-electron chi connectivity index (χ0n) is 24.2. The minimum Gasteiger partial charge on any atom is -0.490 e. The van der Waals surface area contributed by atoms with Gasteiger partial charge in [0.05, 0.1) is 27.9 Å². The summed E-state index contributed by atoms with van der Waals surface area (Å²) in [7, 11) is 0. The lowest BCUT2D eigenvalue weighted by molar-refractivity contribution is 0.0526. The number of nitrogens with zero attached hydrogens (tertiary/aromatic N) is 1. The average molecular weight is 709 g/mol. The lowest BCUT2D eigenvalue weighted by atomic mass is 9.95. The fourth-order valence-corrected chi connectivity index (χ4v) is 6.91. The molecule has 0 fully saturated rings. The van der Waals surface area contributed by atoms with Gasteiger partial charge >= 0.3 is 5.97 Å². The maximum absolute atomic E-state index is 13.4. The summed E-state index contributed by atoms with van der Waals surface area (Å²) < 4.78 is 18.1. The Balaban J connectivity index is 1.37. The van der Waals surface area contributed by atoms with Gasteiger partial charge in [0.1, 0.15) is 11.6 Å². The number of amides is 1. The van der Waals surface area contributed by atoms with E-state index >= 15 is 0 Å². The second kappa shape index (κ2) is 14.7. The van der Waals surface area contributed by atoms with E-state index in [-0.39, 0.29) is 11.9 Å². The van der Waals surface area contributed by atoms with Crippen molar-refractivity contribution in [2.45, 2.75) is 46.1 Å². The molecule has 222 valence electrons. The number of aliphatic imine (C=N–C) groups is 1. The summed E-state index contributed by atoms with van der Waals surface area (Å²) in [5.41, 5.74) is 4.83. The number of halogens is 1. The number of hydrogen-bond acceptors (Lipinski definition) is 7. The molecule has 0 unspecified atom stereocenters. The van der Waals surface area contributed by atoms with Crippen LogP contribution in [0.25, 0.3) is 0 Å². The van der Waals surface area contributed by atoms with Crippen molar-refractivity contribution in [1.82, 2.24) is 0 Å². The van der Waals surface area contributed by atoms with Gasteiger partial charge in [-0.1, -0.05) is 30.3 Å². The molecule has 7 nitrogen and oxygen atoms in total. The summed E-state index contributed by atoms with van der Waals surface area (Å²) in [6, 6.07) is 20.6. The van der Waals surface area contributed by atoms with E-state index in [0.29, 0.717) is 42.4 Å². The number of anilines is 1. The van der Waals surface area contributed by atoms with Crippen LogP contribution in [0.3, 0.4) is 0 Å². The summed E-state index contributed by atoms with van der Waals surface area (Å²) in [6.07, 6.45) is 5.86. The largest absolute Gasteiger partial charge is 0.490 e. The fraction of sp³-hybridized carbons (Fsp3) is 0.265. The Morgan fingerprint density at radius 1 is 0.977 bits per heavy atom. The molecule has 0 saturated heterocycles. The number of esters is 1. The van der Waals surface area contributed by atoms with Crippen molar-refractivity contribution in [2.75, 3.05) is 18.5 Å². The van der Waals surface area contributed by atoms with Crippen LogP contribution in [-0.4, -0.2) is 31.3 Å². The topological polar surface area (TPSA) is 86.2 Å². The number of carbonyl (C=O) groups excluding carboxylic acids is 2. The van der Waals surface area contributed by atoms with Crippen LogP contribution in [0.15, 0.2) is 71.7 Å². The van der Waals surface area contributed by atoms with Crippen molar-refractivity contribution in [3.05, 3.63) is 103 Å². The predicted octanol–water partition coefficient (Wildman–Crippen LogP) is 8.39. The van der Waals surface area contributed by atoms with Gasteiger partial charge in [-0.3, -0.25) is 4.79 Å². The van der Waals surface area contributed by atoms with Gasteiger partial charge in [-0.2, -0.15) is 0 Å². The van der Waals surface area contributed by atoms with Gasteiger partial charge in [0.2, 0.25) is 0 Å². The lowest BCUT2D eigenvalue weighted by Crippen LogP contribution is -2.14. The molecule has 1 aromatic heterocycles. The van der Waals surface area contributed by atoms with Crippen LogP contribution in [0.5, 0.6) is 11.5 Å². The van der Waals surface area contributed by atoms with E-state index in [4.69, 9.17) is 19.2 Å². The smallest absolute Gasteiger partial charge is 0.338 e. The van der Waals surface area contributed by atoms with Crippen molar-refractivity contribution in [3.63, 3.8) is 0 Å². The summed E-state index contributed by atoms with van der Waals surface area (Å²) >= 11 is 3.85. The molecule has 0 aliphatic heterocycles. The Morgan fingerprint density at radius 2 is 1.74 bits per heavy atom. The number of ether oxygens (including phenoxy) is 3.